The Morgan fingerprint density at radius 2 is 2.18 bits per heavy atom. The van der Waals surface area contributed by atoms with Crippen LogP contribution in [-0.2, 0) is 0 Å². The van der Waals surface area contributed by atoms with Crippen molar-refractivity contribution in [3.8, 4) is 0 Å². The second-order valence-electron chi connectivity index (χ2n) is 2.19. The zero-order valence-corrected chi connectivity index (χ0v) is 7.01. The van der Waals surface area contributed by atoms with Crippen molar-refractivity contribution in [1.29, 1.82) is 0 Å². The van der Waals surface area contributed by atoms with Gasteiger partial charge in [-0.05, 0) is 19.1 Å². The molecule has 0 bridgehead atoms. The summed E-state index contributed by atoms with van der Waals surface area (Å²) in [5.41, 5.74) is 6.65. The van der Waals surface area contributed by atoms with E-state index in [9.17, 15) is 0 Å². The Kier molecular flexibility index (Phi) is 3.85. The molecule has 1 heterocycles. The highest BCUT2D eigenvalue weighted by Gasteiger charge is 1.99. The van der Waals surface area contributed by atoms with Gasteiger partial charge >= 0.3 is 0 Å². The molecule has 1 aromatic rings. The summed E-state index contributed by atoms with van der Waals surface area (Å²) in [5, 5.41) is 9.01. The average Bonchev–Trinajstić information content (AvgIpc) is 1.88. The number of hydrogen-bond donors (Lipinski definition) is 2. The highest BCUT2D eigenvalue weighted by Crippen LogP contribution is 2.08. The number of aliphatic hydroxyl groups is 1. The second-order valence-corrected chi connectivity index (χ2v) is 2.19. The van der Waals surface area contributed by atoms with Crippen LogP contribution < -0.4 is 5.73 Å². The van der Waals surface area contributed by atoms with Crippen molar-refractivity contribution in [2.45, 2.75) is 13.0 Å². The van der Waals surface area contributed by atoms with Crippen molar-refractivity contribution in [2.75, 3.05) is 5.73 Å². The molecule has 0 spiro atoms. The highest BCUT2D eigenvalue weighted by atomic mass is 35.5. The third kappa shape index (κ3) is 2.74. The maximum Gasteiger partial charge on any atom is 0.0931 e. The molecule has 0 aliphatic rings. The van der Waals surface area contributed by atoms with Crippen molar-refractivity contribution in [1.82, 2.24) is 4.98 Å². The summed E-state index contributed by atoms with van der Waals surface area (Å²) in [6, 6.07) is 3.43. The zero-order valence-electron chi connectivity index (χ0n) is 6.19. The smallest absolute Gasteiger partial charge is 0.0931 e. The summed E-state index contributed by atoms with van der Waals surface area (Å²) in [7, 11) is 0. The van der Waals surface area contributed by atoms with Crippen molar-refractivity contribution >= 4 is 18.1 Å². The number of pyridine rings is 1. The van der Waals surface area contributed by atoms with Gasteiger partial charge in [0.05, 0.1) is 23.7 Å². The van der Waals surface area contributed by atoms with E-state index in [1.807, 2.05) is 0 Å². The van der Waals surface area contributed by atoms with Crippen molar-refractivity contribution in [3.63, 3.8) is 0 Å². The van der Waals surface area contributed by atoms with E-state index in [1.54, 1.807) is 19.1 Å². The number of nitrogens with two attached hydrogens (primary N) is 1. The monoisotopic (exact) mass is 174 g/mol. The van der Waals surface area contributed by atoms with Gasteiger partial charge in [-0.25, -0.2) is 0 Å². The molecule has 0 radical (unpaired) electrons. The predicted octanol–water partition coefficient (Wildman–Crippen LogP) is 1.14. The minimum absolute atomic E-state index is 0. The lowest BCUT2D eigenvalue weighted by molar-refractivity contribution is 0.194. The standard InChI is InChI=1S/C7H10N2O.ClH/c1-5(10)7-3-2-6(8)4-9-7;/h2-5,10H,8H2,1H3;1H. The molecule has 0 aliphatic carbocycles. The molecular weight excluding hydrogens is 164 g/mol. The average molecular weight is 175 g/mol. The van der Waals surface area contributed by atoms with E-state index in [0.717, 1.165) is 0 Å². The Labute approximate surface area is 71.7 Å². The van der Waals surface area contributed by atoms with Crippen molar-refractivity contribution < 1.29 is 5.11 Å². The Hall–Kier alpha value is -0.800. The fourth-order valence-electron chi connectivity index (χ4n) is 0.664. The summed E-state index contributed by atoms with van der Waals surface area (Å²) < 4.78 is 0. The topological polar surface area (TPSA) is 59.1 Å². The summed E-state index contributed by atoms with van der Waals surface area (Å²) in [6.07, 6.45) is 1.02. The number of nitrogen functional groups attached to an aromatic ring is 1. The zero-order chi connectivity index (χ0) is 7.56. The summed E-state index contributed by atoms with van der Waals surface area (Å²) in [6.45, 7) is 1.67. The number of aliphatic hydroxyl groups excluding tert-OH is 1. The first-order valence-corrected chi connectivity index (χ1v) is 3.09. The van der Waals surface area contributed by atoms with Crippen molar-refractivity contribution in [2.24, 2.45) is 0 Å². The Morgan fingerprint density at radius 3 is 2.55 bits per heavy atom. The van der Waals surface area contributed by atoms with E-state index in [2.05, 4.69) is 4.98 Å². The summed E-state index contributed by atoms with van der Waals surface area (Å²) in [4.78, 5) is 3.90. The molecular formula is C7H11ClN2O. The van der Waals surface area contributed by atoms with Gasteiger partial charge in [0.2, 0.25) is 0 Å². The quantitative estimate of drug-likeness (QED) is 0.671. The van der Waals surface area contributed by atoms with Gasteiger partial charge in [-0.3, -0.25) is 4.98 Å². The van der Waals surface area contributed by atoms with Crippen LogP contribution in [0.3, 0.4) is 0 Å². The summed E-state index contributed by atoms with van der Waals surface area (Å²) >= 11 is 0. The van der Waals surface area contributed by atoms with Gasteiger partial charge < -0.3 is 10.8 Å². The van der Waals surface area contributed by atoms with Crippen LogP contribution in [0.5, 0.6) is 0 Å². The van der Waals surface area contributed by atoms with Crippen LogP contribution in [0.2, 0.25) is 0 Å². The number of nitrogens with zero attached hydrogens (tertiary/aromatic N) is 1. The van der Waals surface area contributed by atoms with E-state index in [4.69, 9.17) is 10.8 Å². The molecule has 3 nitrogen and oxygen atoms in total. The van der Waals surface area contributed by atoms with Crippen LogP contribution in [0.1, 0.15) is 18.7 Å². The van der Waals surface area contributed by atoms with Gasteiger partial charge in [-0.15, -0.1) is 12.4 Å². The number of hydrogen-bond acceptors (Lipinski definition) is 3. The molecule has 1 atom stereocenters. The predicted molar refractivity (Wildman–Crippen MR) is 46.5 cm³/mol. The lowest BCUT2D eigenvalue weighted by Gasteiger charge is -2.01. The van der Waals surface area contributed by atoms with Crippen LogP contribution in [0, 0.1) is 0 Å². The van der Waals surface area contributed by atoms with Crippen LogP contribution in [0.4, 0.5) is 5.69 Å². The molecule has 0 aromatic carbocycles. The van der Waals surface area contributed by atoms with Gasteiger partial charge in [0, 0.05) is 0 Å². The molecule has 1 rings (SSSR count). The maximum atomic E-state index is 9.01. The van der Waals surface area contributed by atoms with E-state index < -0.39 is 6.10 Å². The molecule has 4 heteroatoms. The molecule has 1 aromatic heterocycles. The molecule has 62 valence electrons. The Morgan fingerprint density at radius 1 is 1.55 bits per heavy atom. The number of aromatic nitrogens is 1. The first kappa shape index (κ1) is 10.2. The van der Waals surface area contributed by atoms with E-state index in [0.29, 0.717) is 11.4 Å². The van der Waals surface area contributed by atoms with E-state index in [1.165, 1.54) is 6.20 Å². The van der Waals surface area contributed by atoms with E-state index in [-0.39, 0.29) is 12.4 Å². The lowest BCUT2D eigenvalue weighted by Crippen LogP contribution is -1.95. The maximum absolute atomic E-state index is 9.01. The molecule has 3 N–H and O–H groups in total. The molecule has 0 saturated carbocycles. The molecule has 1 unspecified atom stereocenters. The normalized spacial score (nSPS) is 11.8. The molecule has 0 amide bonds. The Bertz CT molecular complexity index is 210. The molecule has 0 aliphatic heterocycles. The molecule has 0 saturated heterocycles. The van der Waals surface area contributed by atoms with Gasteiger partial charge in [0.15, 0.2) is 0 Å². The van der Waals surface area contributed by atoms with Gasteiger partial charge in [0.25, 0.3) is 0 Å². The number of rotatable bonds is 1. The minimum Gasteiger partial charge on any atom is -0.397 e. The first-order valence-electron chi connectivity index (χ1n) is 3.09. The lowest BCUT2D eigenvalue weighted by atomic mass is 10.2. The fraction of sp³-hybridized carbons (Fsp3) is 0.286. The number of halogens is 1. The highest BCUT2D eigenvalue weighted by molar-refractivity contribution is 5.85. The van der Waals surface area contributed by atoms with Crippen LogP contribution in [-0.4, -0.2) is 10.1 Å². The SMILES string of the molecule is CC(O)c1ccc(N)cn1.Cl. The molecule has 11 heavy (non-hydrogen) atoms. The van der Waals surface area contributed by atoms with Crippen LogP contribution in [0.15, 0.2) is 18.3 Å². The fourth-order valence-corrected chi connectivity index (χ4v) is 0.664. The molecule has 0 fully saturated rings. The van der Waals surface area contributed by atoms with Gasteiger partial charge in [-0.1, -0.05) is 0 Å². The van der Waals surface area contributed by atoms with E-state index >= 15 is 0 Å². The van der Waals surface area contributed by atoms with Crippen LogP contribution in [0.25, 0.3) is 0 Å². The first-order chi connectivity index (χ1) is 4.70. The van der Waals surface area contributed by atoms with Crippen LogP contribution >= 0.6 is 12.4 Å². The Balaban J connectivity index is 0.000001000. The third-order valence-electron chi connectivity index (χ3n) is 1.24. The largest absolute Gasteiger partial charge is 0.397 e. The second kappa shape index (κ2) is 4.16. The van der Waals surface area contributed by atoms with Crippen molar-refractivity contribution in [3.05, 3.63) is 24.0 Å². The minimum atomic E-state index is -0.513. The summed E-state index contributed by atoms with van der Waals surface area (Å²) in [5.74, 6) is 0. The third-order valence-corrected chi connectivity index (χ3v) is 1.24. The van der Waals surface area contributed by atoms with Gasteiger partial charge in [-0.2, -0.15) is 0 Å². The van der Waals surface area contributed by atoms with Gasteiger partial charge in [0.1, 0.15) is 0 Å². The number of anilines is 1.